The summed E-state index contributed by atoms with van der Waals surface area (Å²) in [7, 11) is 0. The van der Waals surface area contributed by atoms with Gasteiger partial charge in [-0.05, 0) is 18.6 Å². The van der Waals surface area contributed by atoms with E-state index in [1.54, 1.807) is 18.1 Å². The standard InChI is InChI=1S/C11H17ClN2S/c1-3-5-7-15-11-9(6-4-2)10(12)13-8-14-11/h8H,3-7H2,1-2H3. The van der Waals surface area contributed by atoms with Gasteiger partial charge in [0.2, 0.25) is 0 Å². The fourth-order valence-corrected chi connectivity index (χ4v) is 2.68. The zero-order valence-electron chi connectivity index (χ0n) is 9.29. The maximum absolute atomic E-state index is 6.06. The van der Waals surface area contributed by atoms with Crippen molar-refractivity contribution >= 4 is 23.4 Å². The van der Waals surface area contributed by atoms with Crippen LogP contribution < -0.4 is 0 Å². The van der Waals surface area contributed by atoms with Gasteiger partial charge in [-0.25, -0.2) is 9.97 Å². The van der Waals surface area contributed by atoms with Crippen LogP contribution in [0.3, 0.4) is 0 Å². The van der Waals surface area contributed by atoms with E-state index in [0.717, 1.165) is 29.2 Å². The number of nitrogens with zero attached hydrogens (tertiary/aromatic N) is 2. The number of thioether (sulfide) groups is 1. The third-order valence-corrected chi connectivity index (χ3v) is 3.53. The molecule has 0 spiro atoms. The Morgan fingerprint density at radius 2 is 2.07 bits per heavy atom. The van der Waals surface area contributed by atoms with E-state index in [-0.39, 0.29) is 0 Å². The average Bonchev–Trinajstić information content (AvgIpc) is 2.23. The van der Waals surface area contributed by atoms with Crippen molar-refractivity contribution in [3.05, 3.63) is 17.0 Å². The molecule has 2 nitrogen and oxygen atoms in total. The maximum Gasteiger partial charge on any atom is 0.136 e. The van der Waals surface area contributed by atoms with Gasteiger partial charge >= 0.3 is 0 Å². The lowest BCUT2D eigenvalue weighted by atomic mass is 10.2. The molecule has 0 amide bonds. The molecule has 84 valence electrons. The van der Waals surface area contributed by atoms with Gasteiger partial charge in [0.25, 0.3) is 0 Å². The van der Waals surface area contributed by atoms with E-state index in [2.05, 4.69) is 23.8 Å². The van der Waals surface area contributed by atoms with E-state index in [9.17, 15) is 0 Å². The van der Waals surface area contributed by atoms with Crippen molar-refractivity contribution < 1.29 is 0 Å². The van der Waals surface area contributed by atoms with Crippen LogP contribution in [-0.2, 0) is 6.42 Å². The molecule has 0 aromatic carbocycles. The lowest BCUT2D eigenvalue weighted by Crippen LogP contribution is -1.96. The van der Waals surface area contributed by atoms with E-state index in [0.29, 0.717) is 5.15 Å². The Kier molecular flexibility index (Phi) is 6.03. The molecule has 15 heavy (non-hydrogen) atoms. The minimum atomic E-state index is 0.617. The number of aromatic nitrogens is 2. The first-order valence-corrected chi connectivity index (χ1v) is 6.78. The zero-order chi connectivity index (χ0) is 11.1. The number of halogens is 1. The Balaban J connectivity index is 2.71. The summed E-state index contributed by atoms with van der Waals surface area (Å²) in [4.78, 5) is 8.32. The molecule has 1 heterocycles. The molecule has 0 aliphatic carbocycles. The highest BCUT2D eigenvalue weighted by Gasteiger charge is 2.08. The van der Waals surface area contributed by atoms with Gasteiger partial charge in [0, 0.05) is 5.56 Å². The van der Waals surface area contributed by atoms with E-state index in [4.69, 9.17) is 11.6 Å². The number of unbranched alkanes of at least 4 members (excludes halogenated alkanes) is 1. The minimum absolute atomic E-state index is 0.617. The topological polar surface area (TPSA) is 25.8 Å². The maximum atomic E-state index is 6.06. The molecule has 0 aliphatic heterocycles. The highest BCUT2D eigenvalue weighted by Crippen LogP contribution is 2.26. The molecule has 1 aromatic heterocycles. The summed E-state index contributed by atoms with van der Waals surface area (Å²) < 4.78 is 0. The molecular weight excluding hydrogens is 228 g/mol. The molecular formula is C11H17ClN2S. The highest BCUT2D eigenvalue weighted by molar-refractivity contribution is 7.99. The van der Waals surface area contributed by atoms with Crippen molar-refractivity contribution in [2.75, 3.05) is 5.75 Å². The normalized spacial score (nSPS) is 10.6. The van der Waals surface area contributed by atoms with Crippen LogP contribution in [0, 0.1) is 0 Å². The first-order valence-electron chi connectivity index (χ1n) is 5.41. The lowest BCUT2D eigenvalue weighted by Gasteiger charge is -2.07. The van der Waals surface area contributed by atoms with Crippen molar-refractivity contribution in [3.63, 3.8) is 0 Å². The predicted octanol–water partition coefficient (Wildman–Crippen LogP) is 3.97. The molecule has 0 unspecified atom stereocenters. The Labute approximate surface area is 101 Å². The third-order valence-electron chi connectivity index (χ3n) is 2.09. The number of hydrogen-bond donors (Lipinski definition) is 0. The van der Waals surface area contributed by atoms with Gasteiger partial charge in [0.1, 0.15) is 16.5 Å². The van der Waals surface area contributed by atoms with Crippen LogP contribution >= 0.6 is 23.4 Å². The predicted molar refractivity (Wildman–Crippen MR) is 66.7 cm³/mol. The molecule has 0 saturated heterocycles. The summed E-state index contributed by atoms with van der Waals surface area (Å²) in [5.74, 6) is 1.11. The molecule has 0 atom stereocenters. The molecule has 0 fully saturated rings. The fourth-order valence-electron chi connectivity index (χ4n) is 1.27. The Morgan fingerprint density at radius 1 is 1.27 bits per heavy atom. The van der Waals surface area contributed by atoms with Gasteiger partial charge in [-0.2, -0.15) is 0 Å². The van der Waals surface area contributed by atoms with Crippen molar-refractivity contribution in [1.29, 1.82) is 0 Å². The van der Waals surface area contributed by atoms with Crippen LogP contribution in [0.25, 0.3) is 0 Å². The van der Waals surface area contributed by atoms with Gasteiger partial charge in [-0.15, -0.1) is 11.8 Å². The largest absolute Gasteiger partial charge is 0.230 e. The summed E-state index contributed by atoms with van der Waals surface area (Å²) in [6.45, 7) is 4.34. The first kappa shape index (κ1) is 12.8. The summed E-state index contributed by atoms with van der Waals surface area (Å²) in [6, 6.07) is 0. The van der Waals surface area contributed by atoms with E-state index < -0.39 is 0 Å². The number of hydrogen-bond acceptors (Lipinski definition) is 3. The average molecular weight is 245 g/mol. The number of rotatable bonds is 6. The molecule has 0 bridgehead atoms. The van der Waals surface area contributed by atoms with Crippen LogP contribution in [-0.4, -0.2) is 15.7 Å². The smallest absolute Gasteiger partial charge is 0.136 e. The second-order valence-electron chi connectivity index (χ2n) is 3.40. The Hall–Kier alpha value is -0.280. The van der Waals surface area contributed by atoms with Gasteiger partial charge in [0.15, 0.2) is 0 Å². The molecule has 0 saturated carbocycles. The summed E-state index contributed by atoms with van der Waals surface area (Å²) in [6.07, 6.45) is 6.03. The lowest BCUT2D eigenvalue weighted by molar-refractivity contribution is 0.851. The third kappa shape index (κ3) is 3.99. The van der Waals surface area contributed by atoms with Gasteiger partial charge < -0.3 is 0 Å². The van der Waals surface area contributed by atoms with Crippen LogP contribution in [0.15, 0.2) is 11.4 Å². The van der Waals surface area contributed by atoms with E-state index in [1.807, 2.05) is 0 Å². The fraction of sp³-hybridized carbons (Fsp3) is 0.636. The molecule has 1 rings (SSSR count). The second kappa shape index (κ2) is 7.07. The molecule has 1 aromatic rings. The van der Waals surface area contributed by atoms with Crippen LogP contribution in [0.1, 0.15) is 38.7 Å². The van der Waals surface area contributed by atoms with Crippen LogP contribution in [0.4, 0.5) is 0 Å². The van der Waals surface area contributed by atoms with Gasteiger partial charge in [-0.1, -0.05) is 38.3 Å². The zero-order valence-corrected chi connectivity index (χ0v) is 10.9. The van der Waals surface area contributed by atoms with Crippen molar-refractivity contribution in [3.8, 4) is 0 Å². The Morgan fingerprint density at radius 3 is 2.73 bits per heavy atom. The second-order valence-corrected chi connectivity index (χ2v) is 4.84. The van der Waals surface area contributed by atoms with Gasteiger partial charge in [0.05, 0.1) is 0 Å². The molecule has 0 N–H and O–H groups in total. The van der Waals surface area contributed by atoms with Crippen LogP contribution in [0.5, 0.6) is 0 Å². The molecule has 4 heteroatoms. The Bertz CT molecular complexity index is 305. The molecule has 0 radical (unpaired) electrons. The quantitative estimate of drug-likeness (QED) is 0.430. The van der Waals surface area contributed by atoms with Gasteiger partial charge in [-0.3, -0.25) is 0 Å². The van der Waals surface area contributed by atoms with Crippen molar-refractivity contribution in [2.24, 2.45) is 0 Å². The minimum Gasteiger partial charge on any atom is -0.230 e. The summed E-state index contributed by atoms with van der Waals surface area (Å²) in [5.41, 5.74) is 1.11. The van der Waals surface area contributed by atoms with Crippen molar-refractivity contribution in [2.45, 2.75) is 44.6 Å². The van der Waals surface area contributed by atoms with Crippen LogP contribution in [0.2, 0.25) is 5.15 Å². The summed E-state index contributed by atoms with van der Waals surface area (Å²) >= 11 is 7.85. The highest BCUT2D eigenvalue weighted by atomic mass is 35.5. The van der Waals surface area contributed by atoms with E-state index in [1.165, 1.54) is 12.8 Å². The summed E-state index contributed by atoms with van der Waals surface area (Å²) in [5, 5.41) is 1.68. The monoisotopic (exact) mass is 244 g/mol. The SMILES string of the molecule is CCCCSc1ncnc(Cl)c1CCC. The molecule has 0 aliphatic rings. The van der Waals surface area contributed by atoms with E-state index >= 15 is 0 Å². The first-order chi connectivity index (χ1) is 7.29. The van der Waals surface area contributed by atoms with Crippen molar-refractivity contribution in [1.82, 2.24) is 9.97 Å².